The number of nitrogens with one attached hydrogen (secondary N) is 1. The molecule has 1 aromatic heterocycles. The number of nitrogens with zero attached hydrogens (tertiary/aromatic N) is 3. The number of rotatable bonds is 3. The van der Waals surface area contributed by atoms with Crippen molar-refractivity contribution in [1.82, 2.24) is 14.9 Å². The van der Waals surface area contributed by atoms with Crippen molar-refractivity contribution in [2.24, 2.45) is 0 Å². The fourth-order valence-corrected chi connectivity index (χ4v) is 2.53. The molecule has 1 amide bonds. The molecule has 3 rings (SSSR count). The molecule has 0 radical (unpaired) electrons. The van der Waals surface area contributed by atoms with Gasteiger partial charge in [0.1, 0.15) is 29.5 Å². The molecule has 1 saturated heterocycles. The van der Waals surface area contributed by atoms with E-state index < -0.39 is 11.6 Å². The Morgan fingerprint density at radius 2 is 1.87 bits per heavy atom. The van der Waals surface area contributed by atoms with Gasteiger partial charge in [0.05, 0.1) is 5.69 Å². The van der Waals surface area contributed by atoms with Crippen LogP contribution in [-0.2, 0) is 0 Å². The largest absolute Gasteiger partial charge is 0.338 e. The maximum atomic E-state index is 13.7. The molecule has 23 heavy (non-hydrogen) atoms. The Morgan fingerprint density at radius 1 is 1.09 bits per heavy atom. The molecule has 120 valence electrons. The number of hydrogen-bond acceptors (Lipinski definition) is 4. The van der Waals surface area contributed by atoms with E-state index in [-0.39, 0.29) is 23.1 Å². The molecular weight excluding hydrogens is 302 g/mol. The third kappa shape index (κ3) is 3.61. The predicted octanol–water partition coefficient (Wildman–Crippen LogP) is 3.12. The Bertz CT molecular complexity index is 717. The fourth-order valence-electron chi connectivity index (χ4n) is 2.53. The summed E-state index contributed by atoms with van der Waals surface area (Å²) in [4.78, 5) is 22.1. The number of piperidine rings is 1. The van der Waals surface area contributed by atoms with Gasteiger partial charge < -0.3 is 10.2 Å². The second-order valence-corrected chi connectivity index (χ2v) is 5.39. The number of benzene rings is 1. The lowest BCUT2D eigenvalue weighted by atomic mass is 10.1. The maximum absolute atomic E-state index is 13.7. The van der Waals surface area contributed by atoms with Crippen LogP contribution in [0.5, 0.6) is 0 Å². The van der Waals surface area contributed by atoms with Crippen molar-refractivity contribution in [1.29, 1.82) is 0 Å². The van der Waals surface area contributed by atoms with Crippen molar-refractivity contribution in [2.75, 3.05) is 18.4 Å². The summed E-state index contributed by atoms with van der Waals surface area (Å²) in [5, 5.41) is 2.73. The van der Waals surface area contributed by atoms with Crippen LogP contribution in [0.4, 0.5) is 20.3 Å². The predicted molar refractivity (Wildman–Crippen MR) is 81.4 cm³/mol. The third-order valence-electron chi connectivity index (χ3n) is 3.72. The van der Waals surface area contributed by atoms with Gasteiger partial charge in [0.2, 0.25) is 0 Å². The molecule has 0 aliphatic carbocycles. The third-order valence-corrected chi connectivity index (χ3v) is 3.72. The number of carbonyl (C=O) groups excluding carboxylic acids is 1. The van der Waals surface area contributed by atoms with Crippen LogP contribution in [-0.4, -0.2) is 33.9 Å². The molecule has 2 heterocycles. The van der Waals surface area contributed by atoms with Crippen molar-refractivity contribution in [3.05, 3.63) is 47.9 Å². The molecule has 1 aromatic carbocycles. The van der Waals surface area contributed by atoms with Crippen molar-refractivity contribution >= 4 is 17.4 Å². The summed E-state index contributed by atoms with van der Waals surface area (Å²) in [6.45, 7) is 1.44. The highest BCUT2D eigenvalue weighted by Crippen LogP contribution is 2.20. The minimum Gasteiger partial charge on any atom is -0.338 e. The number of aromatic nitrogens is 2. The summed E-state index contributed by atoms with van der Waals surface area (Å²) in [5.41, 5.74) is 0.341. The van der Waals surface area contributed by atoms with E-state index in [4.69, 9.17) is 0 Å². The summed E-state index contributed by atoms with van der Waals surface area (Å²) in [7, 11) is 0. The first kappa shape index (κ1) is 15.3. The van der Waals surface area contributed by atoms with E-state index in [9.17, 15) is 13.6 Å². The second kappa shape index (κ2) is 6.68. The fraction of sp³-hybridized carbons (Fsp3) is 0.312. The maximum Gasteiger partial charge on any atom is 0.272 e. The van der Waals surface area contributed by atoms with Gasteiger partial charge in [-0.05, 0) is 31.4 Å². The summed E-state index contributed by atoms with van der Waals surface area (Å²) in [6.07, 6.45) is 4.36. The van der Waals surface area contributed by atoms with Gasteiger partial charge in [0.25, 0.3) is 5.91 Å². The summed E-state index contributed by atoms with van der Waals surface area (Å²) in [6, 6.07) is 4.67. The zero-order valence-corrected chi connectivity index (χ0v) is 12.4. The van der Waals surface area contributed by atoms with Crippen LogP contribution in [0.25, 0.3) is 0 Å². The zero-order chi connectivity index (χ0) is 16.2. The molecule has 1 aliphatic heterocycles. The Morgan fingerprint density at radius 3 is 2.61 bits per heavy atom. The highest BCUT2D eigenvalue weighted by atomic mass is 19.1. The zero-order valence-electron chi connectivity index (χ0n) is 12.4. The Balaban J connectivity index is 1.78. The lowest BCUT2D eigenvalue weighted by molar-refractivity contribution is 0.0718. The van der Waals surface area contributed by atoms with Crippen molar-refractivity contribution in [3.8, 4) is 0 Å². The topological polar surface area (TPSA) is 58.1 Å². The van der Waals surface area contributed by atoms with E-state index in [1.807, 2.05) is 0 Å². The Hall–Kier alpha value is -2.57. The Kier molecular flexibility index (Phi) is 4.45. The summed E-state index contributed by atoms with van der Waals surface area (Å²) < 4.78 is 26.6. The normalized spacial score (nSPS) is 14.6. The highest BCUT2D eigenvalue weighted by Gasteiger charge is 2.19. The van der Waals surface area contributed by atoms with E-state index >= 15 is 0 Å². The minimum atomic E-state index is -0.729. The number of carbonyl (C=O) groups is 1. The van der Waals surface area contributed by atoms with Gasteiger partial charge in [-0.1, -0.05) is 0 Å². The summed E-state index contributed by atoms with van der Waals surface area (Å²) in [5.74, 6) is -1.26. The lowest BCUT2D eigenvalue weighted by Gasteiger charge is -2.26. The molecule has 1 aliphatic rings. The lowest BCUT2D eigenvalue weighted by Crippen LogP contribution is -2.36. The van der Waals surface area contributed by atoms with Crippen LogP contribution >= 0.6 is 0 Å². The van der Waals surface area contributed by atoms with Crippen LogP contribution in [0, 0.1) is 11.6 Å². The van der Waals surface area contributed by atoms with Gasteiger partial charge in [-0.2, -0.15) is 0 Å². The smallest absolute Gasteiger partial charge is 0.272 e. The molecule has 0 bridgehead atoms. The number of hydrogen-bond donors (Lipinski definition) is 1. The monoisotopic (exact) mass is 318 g/mol. The molecule has 1 N–H and O–H groups in total. The van der Waals surface area contributed by atoms with E-state index in [0.29, 0.717) is 0 Å². The Labute approximate surface area is 132 Å². The number of halogens is 2. The SMILES string of the molecule is O=C(c1cc(Nc2ccc(F)cc2F)ncn1)N1CCCCC1. The van der Waals surface area contributed by atoms with Gasteiger partial charge in [-0.25, -0.2) is 18.7 Å². The number of amides is 1. The van der Waals surface area contributed by atoms with Gasteiger partial charge in [-0.3, -0.25) is 4.79 Å². The van der Waals surface area contributed by atoms with E-state index in [0.717, 1.165) is 44.5 Å². The quantitative estimate of drug-likeness (QED) is 0.944. The van der Waals surface area contributed by atoms with E-state index in [2.05, 4.69) is 15.3 Å². The van der Waals surface area contributed by atoms with Gasteiger partial charge in [0, 0.05) is 25.2 Å². The highest BCUT2D eigenvalue weighted by molar-refractivity contribution is 5.93. The van der Waals surface area contributed by atoms with Crippen molar-refractivity contribution in [3.63, 3.8) is 0 Å². The minimum absolute atomic E-state index is 0.0847. The molecule has 0 spiro atoms. The first-order valence-corrected chi connectivity index (χ1v) is 7.47. The number of likely N-dealkylation sites (tertiary alicyclic amines) is 1. The van der Waals surface area contributed by atoms with Crippen LogP contribution in [0.15, 0.2) is 30.6 Å². The number of anilines is 2. The molecule has 5 nitrogen and oxygen atoms in total. The molecule has 2 aromatic rings. The van der Waals surface area contributed by atoms with Crippen LogP contribution in [0.1, 0.15) is 29.8 Å². The molecule has 1 fully saturated rings. The second-order valence-electron chi connectivity index (χ2n) is 5.39. The van der Waals surface area contributed by atoms with E-state index in [1.54, 1.807) is 4.90 Å². The average molecular weight is 318 g/mol. The molecule has 0 unspecified atom stereocenters. The molecular formula is C16H16F2N4O. The first-order chi connectivity index (χ1) is 11.1. The van der Waals surface area contributed by atoms with Crippen molar-refractivity contribution < 1.29 is 13.6 Å². The van der Waals surface area contributed by atoms with Gasteiger partial charge in [0.15, 0.2) is 0 Å². The van der Waals surface area contributed by atoms with Crippen LogP contribution in [0.3, 0.4) is 0 Å². The summed E-state index contributed by atoms with van der Waals surface area (Å²) >= 11 is 0. The molecule has 0 saturated carbocycles. The van der Waals surface area contributed by atoms with E-state index in [1.165, 1.54) is 18.5 Å². The van der Waals surface area contributed by atoms with Crippen molar-refractivity contribution in [2.45, 2.75) is 19.3 Å². The van der Waals surface area contributed by atoms with Crippen LogP contribution < -0.4 is 5.32 Å². The standard InChI is InChI=1S/C16H16F2N4O/c17-11-4-5-13(12(18)8-11)21-15-9-14(19-10-20-15)16(23)22-6-2-1-3-7-22/h4-5,8-10H,1-3,6-7H2,(H,19,20,21). The molecule has 7 heteroatoms. The average Bonchev–Trinajstić information content (AvgIpc) is 2.58. The molecule has 0 atom stereocenters. The first-order valence-electron chi connectivity index (χ1n) is 7.47. The van der Waals surface area contributed by atoms with Gasteiger partial charge in [-0.15, -0.1) is 0 Å². The van der Waals surface area contributed by atoms with Gasteiger partial charge >= 0.3 is 0 Å². The van der Waals surface area contributed by atoms with Crippen LogP contribution in [0.2, 0.25) is 0 Å².